The van der Waals surface area contributed by atoms with Crippen LogP contribution in [-0.4, -0.2) is 26.7 Å². The van der Waals surface area contributed by atoms with E-state index in [1.807, 2.05) is 0 Å². The lowest BCUT2D eigenvalue weighted by molar-refractivity contribution is 0.126. The topological polar surface area (TPSA) is 66.4 Å². The highest BCUT2D eigenvalue weighted by Crippen LogP contribution is 2.51. The lowest BCUT2D eigenvalue weighted by Gasteiger charge is -2.29. The van der Waals surface area contributed by atoms with Gasteiger partial charge >= 0.3 is 0 Å². The molecule has 0 unspecified atom stereocenters. The van der Waals surface area contributed by atoms with Gasteiger partial charge in [0.05, 0.1) is 4.90 Å². The highest BCUT2D eigenvalue weighted by atomic mass is 79.9. The van der Waals surface area contributed by atoms with Crippen LogP contribution in [-0.2, 0) is 10.0 Å². The molecule has 0 heterocycles. The maximum atomic E-state index is 12.3. The average Bonchev–Trinajstić information content (AvgIpc) is 3.06. The molecule has 2 saturated carbocycles. The Kier molecular flexibility index (Phi) is 4.41. The molecular formula is C15H20BrNO3S. The van der Waals surface area contributed by atoms with Crippen LogP contribution in [0.25, 0.3) is 0 Å². The normalized spacial score (nSPS) is 31.7. The molecule has 2 N–H and O–H groups in total. The molecule has 0 amide bonds. The van der Waals surface area contributed by atoms with Crippen molar-refractivity contribution in [2.45, 2.75) is 24.2 Å². The van der Waals surface area contributed by atoms with Gasteiger partial charge in [0.25, 0.3) is 0 Å². The zero-order valence-corrected chi connectivity index (χ0v) is 14.1. The van der Waals surface area contributed by atoms with Crippen molar-refractivity contribution in [1.82, 2.24) is 4.72 Å². The third-order valence-electron chi connectivity index (χ3n) is 5.12. The number of hydrogen-bond acceptors (Lipinski definition) is 3. The molecule has 2 fully saturated rings. The Morgan fingerprint density at radius 1 is 1.14 bits per heavy atom. The van der Waals surface area contributed by atoms with Crippen molar-refractivity contribution >= 4 is 26.0 Å². The van der Waals surface area contributed by atoms with Gasteiger partial charge in [0, 0.05) is 17.6 Å². The van der Waals surface area contributed by atoms with E-state index in [0.717, 1.165) is 10.9 Å². The Morgan fingerprint density at radius 2 is 1.76 bits per heavy atom. The first kappa shape index (κ1) is 15.5. The molecule has 1 aromatic rings. The largest absolute Gasteiger partial charge is 0.396 e. The van der Waals surface area contributed by atoms with Gasteiger partial charge in [0.15, 0.2) is 0 Å². The van der Waals surface area contributed by atoms with Crippen molar-refractivity contribution < 1.29 is 13.5 Å². The molecule has 4 nitrogen and oxygen atoms in total. The van der Waals surface area contributed by atoms with E-state index in [-0.39, 0.29) is 23.3 Å². The minimum atomic E-state index is -3.47. The van der Waals surface area contributed by atoms with Gasteiger partial charge in [0.2, 0.25) is 10.0 Å². The zero-order chi connectivity index (χ0) is 15.0. The number of aliphatic hydroxyl groups is 1. The van der Waals surface area contributed by atoms with Crippen LogP contribution in [0.3, 0.4) is 0 Å². The SMILES string of the molecule is O=S(=O)(NC[C@H]1[C@H]2CC[C@H](C2)[C@H]1CO)c1ccc(Br)cc1. The molecule has 2 bridgehead atoms. The maximum absolute atomic E-state index is 12.3. The molecule has 116 valence electrons. The van der Waals surface area contributed by atoms with E-state index in [1.54, 1.807) is 24.3 Å². The van der Waals surface area contributed by atoms with Gasteiger partial charge < -0.3 is 5.11 Å². The number of sulfonamides is 1. The van der Waals surface area contributed by atoms with Gasteiger partial charge in [-0.2, -0.15) is 0 Å². The van der Waals surface area contributed by atoms with Gasteiger partial charge in [0.1, 0.15) is 0 Å². The summed E-state index contributed by atoms with van der Waals surface area (Å²) in [5.41, 5.74) is 0. The predicted octanol–water partition coefficient (Wildman–Crippen LogP) is 2.38. The summed E-state index contributed by atoms with van der Waals surface area (Å²) in [4.78, 5) is 0.286. The number of fused-ring (bicyclic) bond motifs is 2. The van der Waals surface area contributed by atoms with E-state index in [4.69, 9.17) is 0 Å². The molecule has 1 aromatic carbocycles. The van der Waals surface area contributed by atoms with E-state index in [9.17, 15) is 13.5 Å². The quantitative estimate of drug-likeness (QED) is 0.832. The third kappa shape index (κ3) is 3.04. The predicted molar refractivity (Wildman–Crippen MR) is 84.2 cm³/mol. The summed E-state index contributed by atoms with van der Waals surface area (Å²) < 4.78 is 28.2. The number of hydrogen-bond donors (Lipinski definition) is 2. The molecule has 2 aliphatic rings. The lowest BCUT2D eigenvalue weighted by atomic mass is 9.80. The molecule has 6 heteroatoms. The van der Waals surface area contributed by atoms with Crippen LogP contribution in [0.4, 0.5) is 0 Å². The summed E-state index contributed by atoms with van der Waals surface area (Å²) in [6, 6.07) is 6.64. The molecule has 0 radical (unpaired) electrons. The van der Waals surface area contributed by atoms with Crippen molar-refractivity contribution in [2.24, 2.45) is 23.7 Å². The summed E-state index contributed by atoms with van der Waals surface area (Å²) in [6.07, 6.45) is 3.51. The van der Waals surface area contributed by atoms with E-state index < -0.39 is 10.0 Å². The molecule has 0 spiro atoms. The zero-order valence-electron chi connectivity index (χ0n) is 11.7. The Hall–Kier alpha value is -0.430. The van der Waals surface area contributed by atoms with Gasteiger partial charge in [-0.15, -0.1) is 0 Å². The summed E-state index contributed by atoms with van der Waals surface area (Å²) in [7, 11) is -3.47. The third-order valence-corrected chi connectivity index (χ3v) is 7.09. The number of aliphatic hydroxyl groups excluding tert-OH is 1. The summed E-state index contributed by atoms with van der Waals surface area (Å²) in [5.74, 6) is 1.69. The first-order valence-electron chi connectivity index (χ1n) is 7.37. The van der Waals surface area contributed by atoms with Gasteiger partial charge in [-0.25, -0.2) is 13.1 Å². The molecule has 0 aliphatic heterocycles. The van der Waals surface area contributed by atoms with Gasteiger partial charge in [-0.3, -0.25) is 0 Å². The first-order chi connectivity index (χ1) is 10.0. The summed E-state index contributed by atoms with van der Waals surface area (Å²) in [5, 5.41) is 9.55. The molecule has 4 atom stereocenters. The van der Waals surface area contributed by atoms with Crippen molar-refractivity contribution in [3.63, 3.8) is 0 Å². The Morgan fingerprint density at radius 3 is 2.38 bits per heavy atom. The number of benzene rings is 1. The number of rotatable bonds is 5. The monoisotopic (exact) mass is 373 g/mol. The molecule has 0 saturated heterocycles. The average molecular weight is 374 g/mol. The van der Waals surface area contributed by atoms with Crippen LogP contribution in [0.15, 0.2) is 33.6 Å². The molecule has 2 aliphatic carbocycles. The lowest BCUT2D eigenvalue weighted by Crippen LogP contribution is -2.36. The number of nitrogens with one attached hydrogen (secondary N) is 1. The van der Waals surface area contributed by atoms with E-state index in [1.165, 1.54) is 12.8 Å². The Bertz CT molecular complexity index is 602. The molecule has 3 rings (SSSR count). The smallest absolute Gasteiger partial charge is 0.240 e. The summed E-state index contributed by atoms with van der Waals surface area (Å²) in [6.45, 7) is 0.608. The summed E-state index contributed by atoms with van der Waals surface area (Å²) >= 11 is 3.30. The maximum Gasteiger partial charge on any atom is 0.240 e. The standard InChI is InChI=1S/C15H20BrNO3S/c16-12-3-5-13(6-4-12)21(19,20)17-8-14-10-1-2-11(7-10)15(14)9-18/h3-6,10-11,14-15,17-18H,1-2,7-9H2/t10-,11+,14-,15+/m0/s1. The van der Waals surface area contributed by atoms with Crippen molar-refractivity contribution in [2.75, 3.05) is 13.2 Å². The second-order valence-corrected chi connectivity index (χ2v) is 8.83. The second kappa shape index (κ2) is 5.99. The van der Waals surface area contributed by atoms with Crippen LogP contribution in [0, 0.1) is 23.7 Å². The van der Waals surface area contributed by atoms with Crippen LogP contribution < -0.4 is 4.72 Å². The highest BCUT2D eigenvalue weighted by molar-refractivity contribution is 9.10. The molecular weight excluding hydrogens is 354 g/mol. The van der Waals surface area contributed by atoms with Crippen LogP contribution in [0.1, 0.15) is 19.3 Å². The van der Waals surface area contributed by atoms with E-state index >= 15 is 0 Å². The fourth-order valence-corrected chi connectivity index (χ4v) is 5.37. The fraction of sp³-hybridized carbons (Fsp3) is 0.600. The van der Waals surface area contributed by atoms with Gasteiger partial charge in [-0.05, 0) is 67.2 Å². The van der Waals surface area contributed by atoms with E-state index in [2.05, 4.69) is 20.7 Å². The van der Waals surface area contributed by atoms with Crippen molar-refractivity contribution in [3.05, 3.63) is 28.7 Å². The fourth-order valence-electron chi connectivity index (χ4n) is 4.04. The second-order valence-electron chi connectivity index (χ2n) is 6.15. The van der Waals surface area contributed by atoms with Crippen LogP contribution in [0.2, 0.25) is 0 Å². The van der Waals surface area contributed by atoms with Crippen molar-refractivity contribution in [3.8, 4) is 0 Å². The van der Waals surface area contributed by atoms with Gasteiger partial charge in [-0.1, -0.05) is 15.9 Å². The van der Waals surface area contributed by atoms with E-state index in [0.29, 0.717) is 18.4 Å². The first-order valence-corrected chi connectivity index (χ1v) is 9.65. The highest BCUT2D eigenvalue weighted by Gasteiger charge is 2.47. The number of halogens is 1. The molecule has 21 heavy (non-hydrogen) atoms. The minimum absolute atomic E-state index is 0.172. The minimum Gasteiger partial charge on any atom is -0.396 e. The Labute approximate surface area is 134 Å². The van der Waals surface area contributed by atoms with Crippen LogP contribution >= 0.6 is 15.9 Å². The Balaban J connectivity index is 1.68. The molecule has 0 aromatic heterocycles. The van der Waals surface area contributed by atoms with Crippen molar-refractivity contribution in [1.29, 1.82) is 0 Å². The van der Waals surface area contributed by atoms with Crippen LogP contribution in [0.5, 0.6) is 0 Å².